The molecule has 5 nitrogen and oxygen atoms in total. The lowest BCUT2D eigenvalue weighted by Crippen LogP contribution is -2.43. The third-order valence-corrected chi connectivity index (χ3v) is 5.34. The number of ether oxygens (including phenoxy) is 1. The van der Waals surface area contributed by atoms with E-state index < -0.39 is 10.0 Å². The fourth-order valence-electron chi connectivity index (χ4n) is 2.39. The lowest BCUT2D eigenvalue weighted by molar-refractivity contribution is 0.0571. The topological polar surface area (TPSA) is 70.4 Å². The molecule has 108 valence electrons. The quantitative estimate of drug-likeness (QED) is 0.843. The fraction of sp³-hybridized carbons (Fsp3) is 0.500. The van der Waals surface area contributed by atoms with Crippen molar-refractivity contribution in [3.05, 3.63) is 35.4 Å². The summed E-state index contributed by atoms with van der Waals surface area (Å²) in [5, 5.41) is 9.03. The Morgan fingerprint density at radius 3 is 2.90 bits per heavy atom. The molecule has 1 aliphatic heterocycles. The van der Waals surface area contributed by atoms with E-state index >= 15 is 0 Å². The van der Waals surface area contributed by atoms with Gasteiger partial charge >= 0.3 is 0 Å². The van der Waals surface area contributed by atoms with Gasteiger partial charge in [-0.25, -0.2) is 8.42 Å². The summed E-state index contributed by atoms with van der Waals surface area (Å²) in [6.07, 6.45) is 1.65. The van der Waals surface area contributed by atoms with Crippen LogP contribution in [0, 0.1) is 11.3 Å². The standard InChI is InChI=1S/C14H18N2O3S/c1-19-14-7-4-8-16(10-14)20(17,18)11-13-6-3-2-5-12(13)9-15/h2-3,5-6,14H,4,7-8,10-11H2,1H3. The maximum atomic E-state index is 12.4. The van der Waals surface area contributed by atoms with Crippen LogP contribution in [-0.2, 0) is 20.5 Å². The predicted octanol–water partition coefficient (Wildman–Crippen LogP) is 1.50. The van der Waals surface area contributed by atoms with Crippen LogP contribution in [0.4, 0.5) is 0 Å². The number of methoxy groups -OCH3 is 1. The molecule has 1 atom stereocenters. The van der Waals surface area contributed by atoms with E-state index in [1.54, 1.807) is 31.4 Å². The van der Waals surface area contributed by atoms with Crippen LogP contribution in [0.5, 0.6) is 0 Å². The number of nitrogens with zero attached hydrogens (tertiary/aromatic N) is 2. The summed E-state index contributed by atoms with van der Waals surface area (Å²) in [4.78, 5) is 0. The molecule has 6 heteroatoms. The molecule has 0 amide bonds. The van der Waals surface area contributed by atoms with Crippen molar-refractivity contribution < 1.29 is 13.2 Å². The first-order valence-electron chi connectivity index (χ1n) is 6.55. The number of rotatable bonds is 4. The smallest absolute Gasteiger partial charge is 0.218 e. The summed E-state index contributed by atoms with van der Waals surface area (Å²) in [6.45, 7) is 0.921. The second kappa shape index (κ2) is 6.35. The Labute approximate surface area is 119 Å². The highest BCUT2D eigenvalue weighted by Gasteiger charge is 2.29. The number of sulfonamides is 1. The van der Waals surface area contributed by atoms with Gasteiger partial charge in [-0.15, -0.1) is 0 Å². The largest absolute Gasteiger partial charge is 0.380 e. The van der Waals surface area contributed by atoms with Gasteiger partial charge < -0.3 is 4.74 Å². The molecule has 1 fully saturated rings. The van der Waals surface area contributed by atoms with Crippen molar-refractivity contribution in [1.82, 2.24) is 4.31 Å². The summed E-state index contributed by atoms with van der Waals surface area (Å²) < 4.78 is 31.6. The zero-order valence-corrected chi connectivity index (χ0v) is 12.3. The van der Waals surface area contributed by atoms with E-state index in [0.29, 0.717) is 24.2 Å². The Hall–Kier alpha value is -1.42. The molecule has 0 aromatic heterocycles. The van der Waals surface area contributed by atoms with Crippen molar-refractivity contribution in [3.8, 4) is 6.07 Å². The van der Waals surface area contributed by atoms with Gasteiger partial charge in [0.05, 0.1) is 23.5 Å². The summed E-state index contributed by atoms with van der Waals surface area (Å²) in [6, 6.07) is 8.84. The molecule has 1 saturated heterocycles. The molecule has 0 saturated carbocycles. The molecule has 0 spiro atoms. The molecule has 1 aliphatic rings. The minimum Gasteiger partial charge on any atom is -0.380 e. The van der Waals surface area contributed by atoms with E-state index in [0.717, 1.165) is 12.8 Å². The molecular weight excluding hydrogens is 276 g/mol. The number of benzene rings is 1. The van der Waals surface area contributed by atoms with Crippen LogP contribution in [0.3, 0.4) is 0 Å². The monoisotopic (exact) mass is 294 g/mol. The van der Waals surface area contributed by atoms with Crippen molar-refractivity contribution in [2.45, 2.75) is 24.7 Å². The van der Waals surface area contributed by atoms with Gasteiger partial charge in [0.25, 0.3) is 0 Å². The Bertz CT molecular complexity index is 607. The van der Waals surface area contributed by atoms with Gasteiger partial charge in [0, 0.05) is 20.2 Å². The Balaban J connectivity index is 2.17. The first kappa shape index (κ1) is 15.0. The fourth-order valence-corrected chi connectivity index (χ4v) is 4.02. The molecule has 0 aliphatic carbocycles. The average molecular weight is 294 g/mol. The van der Waals surface area contributed by atoms with Crippen molar-refractivity contribution in [2.24, 2.45) is 0 Å². The summed E-state index contributed by atoms with van der Waals surface area (Å²) >= 11 is 0. The minimum atomic E-state index is -3.41. The third kappa shape index (κ3) is 3.37. The van der Waals surface area contributed by atoms with Gasteiger partial charge in [-0.2, -0.15) is 9.57 Å². The highest BCUT2D eigenvalue weighted by Crippen LogP contribution is 2.20. The van der Waals surface area contributed by atoms with Gasteiger partial charge in [-0.3, -0.25) is 0 Å². The van der Waals surface area contributed by atoms with E-state index in [1.807, 2.05) is 6.07 Å². The van der Waals surface area contributed by atoms with Crippen LogP contribution >= 0.6 is 0 Å². The van der Waals surface area contributed by atoms with E-state index in [-0.39, 0.29) is 11.9 Å². The van der Waals surface area contributed by atoms with Crippen LogP contribution in [0.1, 0.15) is 24.0 Å². The van der Waals surface area contributed by atoms with E-state index in [1.165, 1.54) is 4.31 Å². The van der Waals surface area contributed by atoms with Crippen LogP contribution in [0.2, 0.25) is 0 Å². The Morgan fingerprint density at radius 1 is 1.45 bits per heavy atom. The van der Waals surface area contributed by atoms with Crippen molar-refractivity contribution in [1.29, 1.82) is 5.26 Å². The molecule has 0 N–H and O–H groups in total. The number of piperidine rings is 1. The predicted molar refractivity (Wildman–Crippen MR) is 75.4 cm³/mol. The molecule has 1 heterocycles. The first-order valence-corrected chi connectivity index (χ1v) is 8.16. The van der Waals surface area contributed by atoms with Crippen LogP contribution < -0.4 is 0 Å². The molecule has 1 aromatic rings. The maximum absolute atomic E-state index is 12.4. The van der Waals surface area contributed by atoms with Crippen LogP contribution in [0.25, 0.3) is 0 Å². The second-order valence-corrected chi connectivity index (χ2v) is 6.85. The molecule has 1 aromatic carbocycles. The highest BCUT2D eigenvalue weighted by molar-refractivity contribution is 7.88. The number of hydrogen-bond acceptors (Lipinski definition) is 4. The zero-order chi connectivity index (χ0) is 14.6. The van der Waals surface area contributed by atoms with E-state index in [9.17, 15) is 8.42 Å². The molecule has 0 bridgehead atoms. The summed E-state index contributed by atoms with van der Waals surface area (Å²) in [5.74, 6) is -0.132. The van der Waals surface area contributed by atoms with E-state index in [4.69, 9.17) is 10.00 Å². The van der Waals surface area contributed by atoms with Crippen LogP contribution in [0.15, 0.2) is 24.3 Å². The Morgan fingerprint density at radius 2 is 2.20 bits per heavy atom. The van der Waals surface area contributed by atoms with E-state index in [2.05, 4.69) is 0 Å². The minimum absolute atomic E-state index is 0.0373. The van der Waals surface area contributed by atoms with Crippen molar-refractivity contribution in [3.63, 3.8) is 0 Å². The van der Waals surface area contributed by atoms with Gasteiger partial charge in [-0.1, -0.05) is 18.2 Å². The van der Waals surface area contributed by atoms with Gasteiger partial charge in [0.1, 0.15) is 0 Å². The molecular formula is C14H18N2O3S. The molecule has 0 radical (unpaired) electrons. The zero-order valence-electron chi connectivity index (χ0n) is 11.4. The highest BCUT2D eigenvalue weighted by atomic mass is 32.2. The number of nitriles is 1. The SMILES string of the molecule is COC1CCCN(S(=O)(=O)Cc2ccccc2C#N)C1. The maximum Gasteiger partial charge on any atom is 0.218 e. The normalized spacial score (nSPS) is 20.5. The molecule has 20 heavy (non-hydrogen) atoms. The lowest BCUT2D eigenvalue weighted by Gasteiger charge is -2.31. The average Bonchev–Trinajstić information content (AvgIpc) is 2.47. The van der Waals surface area contributed by atoms with Gasteiger partial charge in [0.2, 0.25) is 10.0 Å². The molecule has 2 rings (SSSR count). The van der Waals surface area contributed by atoms with Crippen molar-refractivity contribution in [2.75, 3.05) is 20.2 Å². The summed E-state index contributed by atoms with van der Waals surface area (Å²) in [5.41, 5.74) is 0.964. The first-order chi connectivity index (χ1) is 9.56. The number of hydrogen-bond donors (Lipinski definition) is 0. The second-order valence-electron chi connectivity index (χ2n) is 4.88. The Kier molecular flexibility index (Phi) is 4.76. The third-order valence-electron chi connectivity index (χ3n) is 3.54. The van der Waals surface area contributed by atoms with Gasteiger partial charge in [0.15, 0.2) is 0 Å². The lowest BCUT2D eigenvalue weighted by atomic mass is 10.1. The van der Waals surface area contributed by atoms with Gasteiger partial charge in [-0.05, 0) is 24.5 Å². The molecule has 1 unspecified atom stereocenters. The summed E-state index contributed by atoms with van der Waals surface area (Å²) in [7, 11) is -1.81. The van der Waals surface area contributed by atoms with Crippen LogP contribution in [-0.4, -0.2) is 39.0 Å². The van der Waals surface area contributed by atoms with Crippen molar-refractivity contribution >= 4 is 10.0 Å².